The Kier molecular flexibility index (Phi) is 4.51. The van der Waals surface area contributed by atoms with Gasteiger partial charge in [-0.25, -0.2) is 9.78 Å². The first-order chi connectivity index (χ1) is 7.15. The Morgan fingerprint density at radius 3 is 3.00 bits per heavy atom. The van der Waals surface area contributed by atoms with Crippen LogP contribution in [0.1, 0.15) is 16.1 Å². The summed E-state index contributed by atoms with van der Waals surface area (Å²) in [6, 6.07) is 0. The van der Waals surface area contributed by atoms with Crippen molar-refractivity contribution in [2.24, 2.45) is 0 Å². The summed E-state index contributed by atoms with van der Waals surface area (Å²) >= 11 is 1.18. The normalized spacial score (nSPS) is 10.3. The van der Waals surface area contributed by atoms with Gasteiger partial charge in [-0.1, -0.05) is 11.3 Å². The minimum atomic E-state index is -0.927. The average molecular weight is 230 g/mol. The molecule has 0 unspecified atom stereocenters. The van der Waals surface area contributed by atoms with Gasteiger partial charge in [0.2, 0.25) is 0 Å². The maximum Gasteiger partial charge on any atom is 0.347 e. The van der Waals surface area contributed by atoms with E-state index in [0.717, 1.165) is 18.1 Å². The first kappa shape index (κ1) is 11.9. The molecule has 0 aliphatic carbocycles. The highest BCUT2D eigenvalue weighted by Crippen LogP contribution is 2.21. The van der Waals surface area contributed by atoms with Crippen LogP contribution in [0, 0.1) is 0 Å². The van der Waals surface area contributed by atoms with Crippen LogP contribution in [-0.4, -0.2) is 43.4 Å². The third-order valence-corrected chi connectivity index (χ3v) is 2.97. The predicted octanol–water partition coefficient (Wildman–Crippen LogP) is 1.31. The zero-order chi connectivity index (χ0) is 11.3. The van der Waals surface area contributed by atoms with Crippen molar-refractivity contribution in [3.63, 3.8) is 0 Å². The molecule has 1 heterocycles. The van der Waals surface area contributed by atoms with Gasteiger partial charge in [-0.2, -0.15) is 0 Å². The van der Waals surface area contributed by atoms with Crippen molar-refractivity contribution in [3.8, 4) is 0 Å². The second-order valence-corrected chi connectivity index (χ2v) is 4.09. The Balaban J connectivity index is 2.50. The minimum Gasteiger partial charge on any atom is -0.477 e. The second kappa shape index (κ2) is 5.67. The van der Waals surface area contributed by atoms with Crippen molar-refractivity contribution >= 4 is 22.4 Å². The maximum atomic E-state index is 10.6. The first-order valence-corrected chi connectivity index (χ1v) is 5.36. The van der Waals surface area contributed by atoms with Gasteiger partial charge in [-0.05, 0) is 6.42 Å². The molecule has 1 aromatic heterocycles. The topological polar surface area (TPSA) is 62.7 Å². The number of thiazole rings is 1. The van der Waals surface area contributed by atoms with E-state index < -0.39 is 5.97 Å². The van der Waals surface area contributed by atoms with Gasteiger partial charge in [-0.3, -0.25) is 0 Å². The Bertz CT molecular complexity index is 327. The summed E-state index contributed by atoms with van der Waals surface area (Å²) in [6.07, 6.45) is 2.28. The van der Waals surface area contributed by atoms with E-state index >= 15 is 0 Å². The molecule has 1 N–H and O–H groups in total. The summed E-state index contributed by atoms with van der Waals surface area (Å²) in [6.45, 7) is 1.50. The standard InChI is InChI=1S/C9H14N2O3S/c1-11(4-3-5-14-2)9-10-6-7(15-9)8(12)13/h6H,3-5H2,1-2H3,(H,12,13). The molecule has 0 fully saturated rings. The molecule has 0 atom stereocenters. The summed E-state index contributed by atoms with van der Waals surface area (Å²) in [5.74, 6) is -0.927. The number of rotatable bonds is 6. The van der Waals surface area contributed by atoms with Crippen LogP contribution >= 0.6 is 11.3 Å². The molecule has 0 saturated heterocycles. The van der Waals surface area contributed by atoms with Crippen LogP contribution in [0.3, 0.4) is 0 Å². The van der Waals surface area contributed by atoms with Crippen molar-refractivity contribution in [2.45, 2.75) is 6.42 Å². The molecular formula is C9H14N2O3S. The smallest absolute Gasteiger partial charge is 0.347 e. The van der Waals surface area contributed by atoms with Gasteiger partial charge in [0, 0.05) is 27.3 Å². The molecule has 84 valence electrons. The van der Waals surface area contributed by atoms with Crippen LogP contribution in [0.5, 0.6) is 0 Å². The van der Waals surface area contributed by atoms with Gasteiger partial charge in [0.05, 0.1) is 6.20 Å². The lowest BCUT2D eigenvalue weighted by Crippen LogP contribution is -2.19. The van der Waals surface area contributed by atoms with Crippen LogP contribution in [0.2, 0.25) is 0 Å². The Labute approximate surface area is 92.3 Å². The number of nitrogens with zero attached hydrogens (tertiary/aromatic N) is 2. The van der Waals surface area contributed by atoms with Crippen molar-refractivity contribution in [1.82, 2.24) is 4.98 Å². The van der Waals surface area contributed by atoms with Crippen molar-refractivity contribution < 1.29 is 14.6 Å². The molecule has 0 bridgehead atoms. The van der Waals surface area contributed by atoms with E-state index in [2.05, 4.69) is 4.98 Å². The second-order valence-electron chi connectivity index (χ2n) is 3.08. The summed E-state index contributed by atoms with van der Waals surface area (Å²) in [7, 11) is 3.55. The maximum absolute atomic E-state index is 10.6. The zero-order valence-corrected chi connectivity index (χ0v) is 9.58. The molecule has 0 amide bonds. The largest absolute Gasteiger partial charge is 0.477 e. The van der Waals surface area contributed by atoms with E-state index in [4.69, 9.17) is 9.84 Å². The number of methoxy groups -OCH3 is 1. The van der Waals surface area contributed by atoms with Crippen LogP contribution in [0.15, 0.2) is 6.20 Å². The number of anilines is 1. The molecule has 1 rings (SSSR count). The van der Waals surface area contributed by atoms with Gasteiger partial charge in [0.25, 0.3) is 0 Å². The van der Waals surface area contributed by atoms with Crippen LogP contribution in [-0.2, 0) is 4.74 Å². The van der Waals surface area contributed by atoms with E-state index in [1.54, 1.807) is 7.11 Å². The summed E-state index contributed by atoms with van der Waals surface area (Å²) in [5.41, 5.74) is 0. The van der Waals surface area contributed by atoms with Crippen molar-refractivity contribution in [3.05, 3.63) is 11.1 Å². The Morgan fingerprint density at radius 1 is 1.73 bits per heavy atom. The fourth-order valence-electron chi connectivity index (χ4n) is 1.08. The molecule has 0 aliphatic rings. The van der Waals surface area contributed by atoms with Gasteiger partial charge in [0.15, 0.2) is 5.13 Å². The number of aromatic carboxylic acids is 1. The molecule has 5 nitrogen and oxygen atoms in total. The number of hydrogen-bond acceptors (Lipinski definition) is 5. The predicted molar refractivity (Wildman–Crippen MR) is 58.8 cm³/mol. The molecular weight excluding hydrogens is 216 g/mol. The Morgan fingerprint density at radius 2 is 2.47 bits per heavy atom. The number of aromatic nitrogens is 1. The third-order valence-electron chi connectivity index (χ3n) is 1.87. The molecule has 15 heavy (non-hydrogen) atoms. The van der Waals surface area contributed by atoms with Crippen molar-refractivity contribution in [2.75, 3.05) is 32.2 Å². The molecule has 0 radical (unpaired) electrons. The fraction of sp³-hybridized carbons (Fsp3) is 0.556. The summed E-state index contributed by atoms with van der Waals surface area (Å²) in [4.78, 5) is 16.9. The lowest BCUT2D eigenvalue weighted by atomic mass is 10.4. The van der Waals surface area contributed by atoms with Gasteiger partial charge in [-0.15, -0.1) is 0 Å². The third kappa shape index (κ3) is 3.49. The first-order valence-electron chi connectivity index (χ1n) is 4.54. The number of carbonyl (C=O) groups is 1. The highest BCUT2D eigenvalue weighted by atomic mass is 32.1. The summed E-state index contributed by atoms with van der Waals surface area (Å²) in [5, 5.41) is 9.45. The van der Waals surface area contributed by atoms with Gasteiger partial charge >= 0.3 is 5.97 Å². The van der Waals surface area contributed by atoms with Crippen LogP contribution in [0.25, 0.3) is 0 Å². The molecule has 0 aliphatic heterocycles. The van der Waals surface area contributed by atoms with Crippen LogP contribution in [0.4, 0.5) is 5.13 Å². The van der Waals surface area contributed by atoms with E-state index in [0.29, 0.717) is 6.61 Å². The summed E-state index contributed by atoms with van der Waals surface area (Å²) < 4.78 is 4.93. The number of carboxylic acid groups (broad SMARTS) is 1. The highest BCUT2D eigenvalue weighted by molar-refractivity contribution is 7.17. The van der Waals surface area contributed by atoms with E-state index in [-0.39, 0.29) is 4.88 Å². The quantitative estimate of drug-likeness (QED) is 0.747. The zero-order valence-electron chi connectivity index (χ0n) is 8.77. The molecule has 0 saturated carbocycles. The molecule has 6 heteroatoms. The molecule has 0 aromatic carbocycles. The lowest BCUT2D eigenvalue weighted by Gasteiger charge is -2.14. The highest BCUT2D eigenvalue weighted by Gasteiger charge is 2.10. The SMILES string of the molecule is COCCCN(C)c1ncc(C(=O)O)s1. The van der Waals surface area contributed by atoms with E-state index in [1.165, 1.54) is 17.5 Å². The molecule has 1 aromatic rings. The average Bonchev–Trinajstić information content (AvgIpc) is 2.66. The van der Waals surface area contributed by atoms with E-state index in [1.807, 2.05) is 11.9 Å². The monoisotopic (exact) mass is 230 g/mol. The van der Waals surface area contributed by atoms with E-state index in [9.17, 15) is 4.79 Å². The number of ether oxygens (including phenoxy) is 1. The fourth-order valence-corrected chi connectivity index (χ4v) is 1.82. The van der Waals surface area contributed by atoms with Crippen molar-refractivity contribution in [1.29, 1.82) is 0 Å². The Hall–Kier alpha value is -1.14. The molecule has 0 spiro atoms. The lowest BCUT2D eigenvalue weighted by molar-refractivity contribution is 0.0702. The van der Waals surface area contributed by atoms with Gasteiger partial charge in [0.1, 0.15) is 4.88 Å². The number of carboxylic acids is 1. The number of hydrogen-bond donors (Lipinski definition) is 1. The minimum absolute atomic E-state index is 0.267. The van der Waals surface area contributed by atoms with Crippen LogP contribution < -0.4 is 4.90 Å². The van der Waals surface area contributed by atoms with Gasteiger partial charge < -0.3 is 14.7 Å².